The molecule has 22 heavy (non-hydrogen) atoms. The predicted molar refractivity (Wildman–Crippen MR) is 89.9 cm³/mol. The van der Waals surface area contributed by atoms with E-state index in [9.17, 15) is 4.79 Å². The smallest absolute Gasteiger partial charge is 0.332 e. The maximum atomic E-state index is 10.4. The van der Waals surface area contributed by atoms with Gasteiger partial charge in [0.25, 0.3) is 0 Å². The minimum atomic E-state index is -1.19. The van der Waals surface area contributed by atoms with E-state index in [0.29, 0.717) is 13.0 Å². The summed E-state index contributed by atoms with van der Waals surface area (Å²) in [6.45, 7) is 0.319. The summed E-state index contributed by atoms with van der Waals surface area (Å²) < 4.78 is 0. The van der Waals surface area contributed by atoms with Gasteiger partial charge in [0, 0.05) is 6.61 Å². The summed E-state index contributed by atoms with van der Waals surface area (Å²) >= 11 is 0. The average molecular weight is 314 g/mol. The van der Waals surface area contributed by atoms with Crippen molar-refractivity contribution in [3.05, 3.63) is 12.2 Å². The lowest BCUT2D eigenvalue weighted by Crippen LogP contribution is -2.18. The van der Waals surface area contributed by atoms with Gasteiger partial charge in [-0.2, -0.15) is 0 Å². The number of hydrogen-bond acceptors (Lipinski definition) is 3. The molecule has 0 bridgehead atoms. The van der Waals surface area contributed by atoms with Crippen molar-refractivity contribution in [3.8, 4) is 0 Å². The highest BCUT2D eigenvalue weighted by molar-refractivity contribution is 5.71. The SMILES string of the molecule is O=C(O)C(O)CCCCCCCC=CCCCCCCCO. The lowest BCUT2D eigenvalue weighted by molar-refractivity contribution is -0.146. The first-order valence-electron chi connectivity index (χ1n) is 8.85. The van der Waals surface area contributed by atoms with Gasteiger partial charge in [-0.1, -0.05) is 57.1 Å². The van der Waals surface area contributed by atoms with Crippen molar-refractivity contribution >= 4 is 5.97 Å². The van der Waals surface area contributed by atoms with Crippen molar-refractivity contribution in [2.45, 2.75) is 89.6 Å². The lowest BCUT2D eigenvalue weighted by atomic mass is 10.1. The third-order valence-corrected chi connectivity index (χ3v) is 3.83. The van der Waals surface area contributed by atoms with Gasteiger partial charge in [-0.15, -0.1) is 0 Å². The Morgan fingerprint density at radius 1 is 0.773 bits per heavy atom. The molecule has 0 amide bonds. The quantitative estimate of drug-likeness (QED) is 0.297. The van der Waals surface area contributed by atoms with Crippen LogP contribution in [0.3, 0.4) is 0 Å². The second kappa shape index (κ2) is 16.5. The second-order valence-electron chi connectivity index (χ2n) is 5.95. The van der Waals surface area contributed by atoms with Gasteiger partial charge in [-0.25, -0.2) is 4.79 Å². The summed E-state index contributed by atoms with van der Waals surface area (Å²) in [4.78, 5) is 10.4. The van der Waals surface area contributed by atoms with Crippen LogP contribution in [0.25, 0.3) is 0 Å². The molecule has 0 radical (unpaired) electrons. The van der Waals surface area contributed by atoms with E-state index in [1.807, 2.05) is 0 Å². The van der Waals surface area contributed by atoms with Crippen molar-refractivity contribution in [3.63, 3.8) is 0 Å². The van der Waals surface area contributed by atoms with Gasteiger partial charge in [0.1, 0.15) is 0 Å². The fraction of sp³-hybridized carbons (Fsp3) is 0.833. The number of unbranched alkanes of at least 4 members (excludes halogenated alkanes) is 10. The van der Waals surface area contributed by atoms with Crippen LogP contribution in [-0.4, -0.2) is 34.0 Å². The first kappa shape index (κ1) is 21.1. The number of aliphatic hydroxyl groups is 2. The van der Waals surface area contributed by atoms with E-state index in [1.165, 1.54) is 32.1 Å². The van der Waals surface area contributed by atoms with Gasteiger partial charge >= 0.3 is 5.97 Å². The zero-order chi connectivity index (χ0) is 16.5. The Labute approximate surface area is 135 Å². The van der Waals surface area contributed by atoms with Gasteiger partial charge in [0.2, 0.25) is 0 Å². The Kier molecular flexibility index (Phi) is 15.8. The Hall–Kier alpha value is -0.870. The zero-order valence-corrected chi connectivity index (χ0v) is 13.9. The molecule has 0 spiro atoms. The molecule has 0 aliphatic carbocycles. The maximum Gasteiger partial charge on any atom is 0.332 e. The minimum Gasteiger partial charge on any atom is -0.479 e. The Morgan fingerprint density at radius 2 is 1.23 bits per heavy atom. The van der Waals surface area contributed by atoms with E-state index >= 15 is 0 Å². The largest absolute Gasteiger partial charge is 0.479 e. The van der Waals surface area contributed by atoms with Crippen LogP contribution >= 0.6 is 0 Å². The van der Waals surface area contributed by atoms with Crippen molar-refractivity contribution in [1.82, 2.24) is 0 Å². The fourth-order valence-electron chi connectivity index (χ4n) is 2.39. The van der Waals surface area contributed by atoms with Crippen molar-refractivity contribution in [2.24, 2.45) is 0 Å². The molecule has 0 aliphatic heterocycles. The first-order valence-corrected chi connectivity index (χ1v) is 8.85. The number of carboxylic acids is 1. The Balaban J connectivity index is 3.16. The molecule has 1 atom stereocenters. The van der Waals surface area contributed by atoms with Crippen LogP contribution in [0.2, 0.25) is 0 Å². The fourth-order valence-corrected chi connectivity index (χ4v) is 2.39. The third-order valence-electron chi connectivity index (χ3n) is 3.83. The molecule has 1 unspecified atom stereocenters. The van der Waals surface area contributed by atoms with Gasteiger partial charge in [0.05, 0.1) is 0 Å². The molecule has 0 aromatic rings. The van der Waals surface area contributed by atoms with Crippen LogP contribution in [0.1, 0.15) is 83.5 Å². The Bertz CT molecular complexity index is 276. The summed E-state index contributed by atoms with van der Waals surface area (Å²) in [5.74, 6) is -1.11. The molecule has 0 rings (SSSR count). The minimum absolute atomic E-state index is 0.319. The number of rotatable bonds is 16. The molecule has 4 nitrogen and oxygen atoms in total. The topological polar surface area (TPSA) is 77.8 Å². The van der Waals surface area contributed by atoms with E-state index in [4.69, 9.17) is 15.3 Å². The highest BCUT2D eigenvalue weighted by Crippen LogP contribution is 2.10. The van der Waals surface area contributed by atoms with Gasteiger partial charge in [0.15, 0.2) is 6.10 Å². The monoisotopic (exact) mass is 314 g/mol. The molecule has 4 heteroatoms. The molecule has 0 aromatic carbocycles. The summed E-state index contributed by atoms with van der Waals surface area (Å²) in [5.41, 5.74) is 0. The van der Waals surface area contributed by atoms with Gasteiger partial charge < -0.3 is 15.3 Å². The first-order chi connectivity index (χ1) is 10.7. The molecule has 0 saturated carbocycles. The molecule has 3 N–H and O–H groups in total. The lowest BCUT2D eigenvalue weighted by Gasteiger charge is -2.04. The van der Waals surface area contributed by atoms with Crippen LogP contribution in [0.5, 0.6) is 0 Å². The molecule has 0 saturated heterocycles. The van der Waals surface area contributed by atoms with E-state index in [-0.39, 0.29) is 0 Å². The number of carbonyl (C=O) groups is 1. The number of aliphatic carboxylic acids is 1. The summed E-state index contributed by atoms with van der Waals surface area (Å²) in [6, 6.07) is 0. The van der Waals surface area contributed by atoms with E-state index in [0.717, 1.165) is 44.9 Å². The van der Waals surface area contributed by atoms with Crippen LogP contribution in [-0.2, 0) is 4.79 Å². The molecule has 0 aromatic heterocycles. The van der Waals surface area contributed by atoms with Crippen LogP contribution in [0, 0.1) is 0 Å². The molecular weight excluding hydrogens is 280 g/mol. The van der Waals surface area contributed by atoms with E-state index in [2.05, 4.69) is 12.2 Å². The maximum absolute atomic E-state index is 10.4. The summed E-state index contributed by atoms with van der Waals surface area (Å²) in [6.07, 6.45) is 17.1. The van der Waals surface area contributed by atoms with Crippen LogP contribution in [0.15, 0.2) is 12.2 Å². The van der Waals surface area contributed by atoms with E-state index in [1.54, 1.807) is 0 Å². The molecule has 0 aliphatic rings. The highest BCUT2D eigenvalue weighted by Gasteiger charge is 2.11. The predicted octanol–water partition coefficient (Wildman–Crippen LogP) is 4.05. The zero-order valence-electron chi connectivity index (χ0n) is 13.9. The highest BCUT2D eigenvalue weighted by atomic mass is 16.4. The number of hydrogen-bond donors (Lipinski definition) is 3. The normalized spacial score (nSPS) is 12.8. The summed E-state index contributed by atoms with van der Waals surface area (Å²) in [5, 5.41) is 26.3. The number of allylic oxidation sites excluding steroid dienone is 2. The molecule has 130 valence electrons. The average Bonchev–Trinajstić information content (AvgIpc) is 2.50. The van der Waals surface area contributed by atoms with Gasteiger partial charge in [-0.05, 0) is 38.5 Å². The van der Waals surface area contributed by atoms with Crippen molar-refractivity contribution in [1.29, 1.82) is 0 Å². The second-order valence-corrected chi connectivity index (χ2v) is 5.95. The van der Waals surface area contributed by atoms with Crippen LogP contribution in [0.4, 0.5) is 0 Å². The Morgan fingerprint density at radius 3 is 1.73 bits per heavy atom. The standard InChI is InChI=1S/C18H34O4/c19-16-14-12-10-8-6-4-2-1-3-5-7-9-11-13-15-17(20)18(21)22/h1-2,17,19-20H,3-16H2,(H,21,22). The van der Waals surface area contributed by atoms with Crippen molar-refractivity contribution in [2.75, 3.05) is 6.61 Å². The van der Waals surface area contributed by atoms with Crippen molar-refractivity contribution < 1.29 is 20.1 Å². The molecular formula is C18H34O4. The number of carboxylic acid groups (broad SMARTS) is 1. The van der Waals surface area contributed by atoms with E-state index < -0.39 is 12.1 Å². The van der Waals surface area contributed by atoms with Gasteiger partial charge in [-0.3, -0.25) is 0 Å². The molecule has 0 fully saturated rings. The summed E-state index contributed by atoms with van der Waals surface area (Å²) in [7, 11) is 0. The molecule has 0 heterocycles. The third kappa shape index (κ3) is 15.5. The number of aliphatic hydroxyl groups excluding tert-OH is 2. The van der Waals surface area contributed by atoms with Crippen LogP contribution < -0.4 is 0 Å².